The van der Waals surface area contributed by atoms with Gasteiger partial charge in [-0.3, -0.25) is 0 Å². The first-order chi connectivity index (χ1) is 10.2. The number of piperidine rings is 1. The molecule has 0 radical (unpaired) electrons. The van der Waals surface area contributed by atoms with Crippen LogP contribution < -0.4 is 4.74 Å². The first kappa shape index (κ1) is 16.3. The van der Waals surface area contributed by atoms with Crippen LogP contribution >= 0.6 is 0 Å². The summed E-state index contributed by atoms with van der Waals surface area (Å²) in [5.74, 6) is 1.57. The number of hydrogen-bond donors (Lipinski definition) is 1. The third-order valence-electron chi connectivity index (χ3n) is 3.97. The summed E-state index contributed by atoms with van der Waals surface area (Å²) in [7, 11) is 1.66. The van der Waals surface area contributed by atoms with E-state index in [1.807, 2.05) is 24.3 Å². The Kier molecular flexibility index (Phi) is 6.49. The number of benzene rings is 1. The monoisotopic (exact) mass is 293 g/mol. The molecule has 1 aromatic carbocycles. The van der Waals surface area contributed by atoms with Crippen molar-refractivity contribution in [3.63, 3.8) is 0 Å². The average Bonchev–Trinajstić information content (AvgIpc) is 2.47. The number of rotatable bonds is 7. The van der Waals surface area contributed by atoms with Crippen molar-refractivity contribution in [2.75, 3.05) is 33.4 Å². The van der Waals surface area contributed by atoms with Gasteiger partial charge in [0.25, 0.3) is 0 Å². The Labute approximate surface area is 127 Å². The van der Waals surface area contributed by atoms with E-state index in [0.29, 0.717) is 19.8 Å². The van der Waals surface area contributed by atoms with E-state index in [0.717, 1.165) is 30.3 Å². The van der Waals surface area contributed by atoms with Crippen LogP contribution in [0.25, 0.3) is 0 Å². The molecule has 0 amide bonds. The highest BCUT2D eigenvalue weighted by molar-refractivity contribution is 5.32. The number of β-amino-alcohol motifs (C(OH)–C–C–N with tert-alkyl or cyclic N) is 1. The van der Waals surface area contributed by atoms with Gasteiger partial charge in [-0.1, -0.05) is 25.1 Å². The summed E-state index contributed by atoms with van der Waals surface area (Å²) in [4.78, 5) is 2.34. The lowest BCUT2D eigenvalue weighted by Crippen LogP contribution is -2.40. The van der Waals surface area contributed by atoms with Crippen LogP contribution in [-0.2, 0) is 11.3 Å². The van der Waals surface area contributed by atoms with E-state index in [1.54, 1.807) is 7.11 Å². The molecular formula is C17H27NO3. The van der Waals surface area contributed by atoms with Crippen LogP contribution in [0, 0.1) is 5.92 Å². The van der Waals surface area contributed by atoms with Crippen molar-refractivity contribution in [3.05, 3.63) is 29.8 Å². The molecule has 0 aliphatic carbocycles. The van der Waals surface area contributed by atoms with Gasteiger partial charge in [0, 0.05) is 18.7 Å². The van der Waals surface area contributed by atoms with Crippen LogP contribution in [-0.4, -0.2) is 49.5 Å². The lowest BCUT2D eigenvalue weighted by molar-refractivity contribution is 0.00334. The van der Waals surface area contributed by atoms with Gasteiger partial charge in [-0.25, -0.2) is 0 Å². The maximum atomic E-state index is 10.1. The van der Waals surface area contributed by atoms with E-state index < -0.39 is 6.10 Å². The molecule has 1 aliphatic rings. The van der Waals surface area contributed by atoms with E-state index in [1.165, 1.54) is 12.8 Å². The fourth-order valence-corrected chi connectivity index (χ4v) is 2.93. The van der Waals surface area contributed by atoms with Crippen LogP contribution in [0.1, 0.15) is 25.3 Å². The fraction of sp³-hybridized carbons (Fsp3) is 0.647. The van der Waals surface area contributed by atoms with Gasteiger partial charge in [0.2, 0.25) is 0 Å². The van der Waals surface area contributed by atoms with Gasteiger partial charge in [0.15, 0.2) is 0 Å². The van der Waals surface area contributed by atoms with Crippen LogP contribution in [0.5, 0.6) is 5.75 Å². The van der Waals surface area contributed by atoms with Crippen LogP contribution in [0.4, 0.5) is 0 Å². The molecule has 1 heterocycles. The summed E-state index contributed by atoms with van der Waals surface area (Å²) in [6.07, 6.45) is 2.11. The highest BCUT2D eigenvalue weighted by Gasteiger charge is 2.18. The van der Waals surface area contributed by atoms with Gasteiger partial charge in [-0.05, 0) is 31.4 Å². The van der Waals surface area contributed by atoms with E-state index in [2.05, 4.69) is 11.8 Å². The second-order valence-electron chi connectivity index (χ2n) is 5.99. The topological polar surface area (TPSA) is 41.9 Å². The molecule has 1 N–H and O–H groups in total. The lowest BCUT2D eigenvalue weighted by Gasteiger charge is -2.32. The van der Waals surface area contributed by atoms with Crippen molar-refractivity contribution >= 4 is 0 Å². The average molecular weight is 293 g/mol. The molecule has 1 fully saturated rings. The number of para-hydroxylation sites is 1. The second kappa shape index (κ2) is 8.37. The number of hydrogen-bond acceptors (Lipinski definition) is 4. The fourth-order valence-electron chi connectivity index (χ4n) is 2.93. The van der Waals surface area contributed by atoms with Gasteiger partial charge in [-0.15, -0.1) is 0 Å². The molecular weight excluding hydrogens is 266 g/mol. The van der Waals surface area contributed by atoms with Crippen LogP contribution in [0.15, 0.2) is 24.3 Å². The summed E-state index contributed by atoms with van der Waals surface area (Å²) in [6, 6.07) is 7.81. The highest BCUT2D eigenvalue weighted by Crippen LogP contribution is 2.18. The van der Waals surface area contributed by atoms with Gasteiger partial charge in [0.05, 0.1) is 26.4 Å². The van der Waals surface area contributed by atoms with Crippen molar-refractivity contribution < 1.29 is 14.6 Å². The first-order valence-electron chi connectivity index (χ1n) is 7.79. The predicted molar refractivity (Wildman–Crippen MR) is 83.5 cm³/mol. The number of ether oxygens (including phenoxy) is 2. The van der Waals surface area contributed by atoms with Crippen LogP contribution in [0.2, 0.25) is 0 Å². The van der Waals surface area contributed by atoms with Gasteiger partial charge < -0.3 is 19.5 Å². The Morgan fingerprint density at radius 1 is 1.38 bits per heavy atom. The predicted octanol–water partition coefficient (Wildman–Crippen LogP) is 2.30. The van der Waals surface area contributed by atoms with E-state index in [-0.39, 0.29) is 0 Å². The summed E-state index contributed by atoms with van der Waals surface area (Å²) in [5, 5.41) is 10.1. The minimum Gasteiger partial charge on any atom is -0.496 e. The zero-order valence-corrected chi connectivity index (χ0v) is 13.1. The molecule has 118 valence electrons. The quantitative estimate of drug-likeness (QED) is 0.837. The van der Waals surface area contributed by atoms with Gasteiger partial charge >= 0.3 is 0 Å². The summed E-state index contributed by atoms with van der Waals surface area (Å²) in [6.45, 7) is 5.99. The SMILES string of the molecule is COc1ccccc1COCC(O)CN1CCCC(C)C1. The molecule has 4 heteroatoms. The Balaban J connectivity index is 1.70. The molecule has 1 aliphatic heterocycles. The lowest BCUT2D eigenvalue weighted by atomic mass is 10.0. The van der Waals surface area contributed by atoms with E-state index in [9.17, 15) is 5.11 Å². The molecule has 2 unspecified atom stereocenters. The number of likely N-dealkylation sites (tertiary alicyclic amines) is 1. The maximum absolute atomic E-state index is 10.1. The van der Waals surface area contributed by atoms with Gasteiger partial charge in [0.1, 0.15) is 5.75 Å². The van der Waals surface area contributed by atoms with Gasteiger partial charge in [-0.2, -0.15) is 0 Å². The Bertz CT molecular complexity index is 424. The Hall–Kier alpha value is -1.10. The summed E-state index contributed by atoms with van der Waals surface area (Å²) in [5.41, 5.74) is 1.01. The highest BCUT2D eigenvalue weighted by atomic mass is 16.5. The molecule has 1 saturated heterocycles. The normalized spacial score (nSPS) is 21.2. The number of methoxy groups -OCH3 is 1. The third-order valence-corrected chi connectivity index (χ3v) is 3.97. The number of nitrogens with zero attached hydrogens (tertiary/aromatic N) is 1. The van der Waals surface area contributed by atoms with Crippen molar-refractivity contribution in [3.8, 4) is 5.75 Å². The molecule has 0 bridgehead atoms. The molecule has 2 atom stereocenters. The Morgan fingerprint density at radius 3 is 2.95 bits per heavy atom. The summed E-state index contributed by atoms with van der Waals surface area (Å²) < 4.78 is 10.9. The molecule has 4 nitrogen and oxygen atoms in total. The smallest absolute Gasteiger partial charge is 0.124 e. The number of aliphatic hydroxyl groups is 1. The molecule has 0 aromatic heterocycles. The zero-order valence-electron chi connectivity index (χ0n) is 13.1. The summed E-state index contributed by atoms with van der Waals surface area (Å²) >= 11 is 0. The van der Waals surface area contributed by atoms with E-state index >= 15 is 0 Å². The molecule has 2 rings (SSSR count). The molecule has 1 aromatic rings. The maximum Gasteiger partial charge on any atom is 0.124 e. The van der Waals surface area contributed by atoms with Crippen molar-refractivity contribution in [2.45, 2.75) is 32.5 Å². The van der Waals surface area contributed by atoms with Crippen molar-refractivity contribution in [1.29, 1.82) is 0 Å². The molecule has 0 saturated carbocycles. The zero-order chi connectivity index (χ0) is 15.1. The second-order valence-corrected chi connectivity index (χ2v) is 5.99. The van der Waals surface area contributed by atoms with Crippen molar-refractivity contribution in [2.24, 2.45) is 5.92 Å². The molecule has 21 heavy (non-hydrogen) atoms. The standard InChI is InChI=1S/C17H27NO3/c1-14-6-5-9-18(10-14)11-16(19)13-21-12-15-7-3-4-8-17(15)20-2/h3-4,7-8,14,16,19H,5-6,9-13H2,1-2H3. The Morgan fingerprint density at radius 2 is 2.19 bits per heavy atom. The minimum atomic E-state index is -0.426. The van der Waals surface area contributed by atoms with Crippen LogP contribution in [0.3, 0.4) is 0 Å². The minimum absolute atomic E-state index is 0.364. The first-order valence-corrected chi connectivity index (χ1v) is 7.79. The van der Waals surface area contributed by atoms with Crippen molar-refractivity contribution in [1.82, 2.24) is 4.90 Å². The largest absolute Gasteiger partial charge is 0.496 e. The van der Waals surface area contributed by atoms with E-state index in [4.69, 9.17) is 9.47 Å². The molecule has 0 spiro atoms. The third kappa shape index (κ3) is 5.30. The number of aliphatic hydroxyl groups excluding tert-OH is 1.